The number of rotatable bonds is 5. The Balaban J connectivity index is 1.91. The fourth-order valence-corrected chi connectivity index (χ4v) is 4.39. The van der Waals surface area contributed by atoms with Gasteiger partial charge in [0.2, 0.25) is 0 Å². The molecule has 0 saturated carbocycles. The predicted molar refractivity (Wildman–Crippen MR) is 133 cm³/mol. The van der Waals surface area contributed by atoms with Gasteiger partial charge in [-0.15, -0.1) is 0 Å². The number of hydrogen-bond donors (Lipinski definition) is 1. The van der Waals surface area contributed by atoms with Crippen molar-refractivity contribution in [2.45, 2.75) is 27.7 Å². The molecule has 3 aromatic carbocycles. The number of anilines is 2. The summed E-state index contributed by atoms with van der Waals surface area (Å²) in [5, 5.41) is 3.64. The second-order valence-corrected chi connectivity index (χ2v) is 8.77. The lowest BCUT2D eigenvalue weighted by Crippen LogP contribution is -2.32. The highest BCUT2D eigenvalue weighted by atomic mass is 35.5. The maximum Gasteiger partial charge on any atom is 0.282 e. The summed E-state index contributed by atoms with van der Waals surface area (Å²) in [6, 6.07) is 16.6. The number of nitrogens with one attached hydrogen (secondary N) is 1. The molecule has 1 aliphatic rings. The number of ether oxygens (including phenoxy) is 1. The van der Waals surface area contributed by atoms with Crippen LogP contribution < -0.4 is 15.0 Å². The van der Waals surface area contributed by atoms with Gasteiger partial charge in [0.05, 0.1) is 24.1 Å². The summed E-state index contributed by atoms with van der Waals surface area (Å²) in [7, 11) is 1.54. The van der Waals surface area contributed by atoms with Crippen molar-refractivity contribution in [3.63, 3.8) is 0 Å². The normalized spacial score (nSPS) is 13.7. The van der Waals surface area contributed by atoms with E-state index in [4.69, 9.17) is 16.3 Å². The minimum Gasteiger partial charge on any atom is -0.495 e. The molecule has 33 heavy (non-hydrogen) atoms. The Morgan fingerprint density at radius 2 is 1.52 bits per heavy atom. The number of aryl methyl sites for hydroxylation is 4. The predicted octanol–water partition coefficient (Wildman–Crippen LogP) is 5.98. The number of imide groups is 1. The first-order chi connectivity index (χ1) is 15.7. The molecule has 1 aliphatic heterocycles. The van der Waals surface area contributed by atoms with Crippen LogP contribution in [-0.4, -0.2) is 18.9 Å². The minimum absolute atomic E-state index is 0.187. The minimum atomic E-state index is -0.429. The Morgan fingerprint density at radius 1 is 0.818 bits per heavy atom. The van der Waals surface area contributed by atoms with Gasteiger partial charge in [0.15, 0.2) is 0 Å². The van der Waals surface area contributed by atoms with Gasteiger partial charge in [0, 0.05) is 5.02 Å². The number of amides is 2. The Hall–Kier alpha value is -3.57. The van der Waals surface area contributed by atoms with E-state index in [0.29, 0.717) is 33.3 Å². The molecule has 0 saturated heterocycles. The summed E-state index contributed by atoms with van der Waals surface area (Å²) in [6.07, 6.45) is 0. The van der Waals surface area contributed by atoms with Crippen LogP contribution in [0.3, 0.4) is 0 Å². The van der Waals surface area contributed by atoms with Crippen LogP contribution in [0.5, 0.6) is 5.75 Å². The monoisotopic (exact) mass is 460 g/mol. The second-order valence-electron chi connectivity index (χ2n) is 8.33. The molecule has 5 nitrogen and oxygen atoms in total. The van der Waals surface area contributed by atoms with Crippen molar-refractivity contribution >= 4 is 40.4 Å². The average Bonchev–Trinajstić information content (AvgIpc) is 2.97. The summed E-state index contributed by atoms with van der Waals surface area (Å²) in [5.41, 5.74) is 6.18. The van der Waals surface area contributed by atoms with Gasteiger partial charge in [-0.05, 0) is 80.3 Å². The molecule has 1 heterocycles. The molecule has 0 aromatic heterocycles. The van der Waals surface area contributed by atoms with E-state index in [0.717, 1.165) is 22.3 Å². The molecule has 2 amide bonds. The van der Waals surface area contributed by atoms with E-state index < -0.39 is 5.91 Å². The third kappa shape index (κ3) is 4.24. The van der Waals surface area contributed by atoms with Crippen molar-refractivity contribution < 1.29 is 14.3 Å². The largest absolute Gasteiger partial charge is 0.495 e. The van der Waals surface area contributed by atoms with Gasteiger partial charge < -0.3 is 10.1 Å². The third-order valence-electron chi connectivity index (χ3n) is 5.62. The fraction of sp³-hybridized carbons (Fsp3) is 0.185. The van der Waals surface area contributed by atoms with Crippen LogP contribution >= 0.6 is 11.6 Å². The molecule has 1 N–H and O–H groups in total. The Kier molecular flexibility index (Phi) is 6.00. The molecule has 0 spiro atoms. The maximum atomic E-state index is 13.7. The van der Waals surface area contributed by atoms with Gasteiger partial charge in [-0.2, -0.15) is 0 Å². The zero-order valence-corrected chi connectivity index (χ0v) is 20.0. The lowest BCUT2D eigenvalue weighted by molar-refractivity contribution is -0.120. The number of nitrogens with zero attached hydrogens (tertiary/aromatic N) is 1. The summed E-state index contributed by atoms with van der Waals surface area (Å²) in [6.45, 7) is 7.81. The summed E-state index contributed by atoms with van der Waals surface area (Å²) in [5.74, 6) is -0.292. The highest BCUT2D eigenvalue weighted by Crippen LogP contribution is 2.38. The van der Waals surface area contributed by atoms with Crippen LogP contribution in [0.25, 0.3) is 5.57 Å². The van der Waals surface area contributed by atoms with E-state index in [2.05, 4.69) is 5.32 Å². The number of carbonyl (C=O) groups excluding carboxylic acids is 2. The van der Waals surface area contributed by atoms with Gasteiger partial charge in [0.1, 0.15) is 11.4 Å². The summed E-state index contributed by atoms with van der Waals surface area (Å²) < 4.78 is 5.44. The molecule has 0 bridgehead atoms. The second kappa shape index (κ2) is 8.75. The van der Waals surface area contributed by atoms with Crippen molar-refractivity contribution in [1.29, 1.82) is 0 Å². The van der Waals surface area contributed by atoms with E-state index >= 15 is 0 Å². The van der Waals surface area contributed by atoms with Crippen molar-refractivity contribution in [2.75, 3.05) is 17.3 Å². The Morgan fingerprint density at radius 3 is 2.15 bits per heavy atom. The van der Waals surface area contributed by atoms with Crippen molar-refractivity contribution in [3.05, 3.63) is 93.1 Å². The number of benzene rings is 3. The zero-order valence-electron chi connectivity index (χ0n) is 19.2. The van der Waals surface area contributed by atoms with Crippen LogP contribution in [0.2, 0.25) is 5.02 Å². The molecule has 4 rings (SSSR count). The first kappa shape index (κ1) is 22.6. The molecule has 0 fully saturated rings. The van der Waals surface area contributed by atoms with Crippen LogP contribution in [0.1, 0.15) is 27.8 Å². The smallest absolute Gasteiger partial charge is 0.282 e. The molecule has 0 atom stereocenters. The summed E-state index contributed by atoms with van der Waals surface area (Å²) >= 11 is 6.21. The van der Waals surface area contributed by atoms with E-state index in [1.165, 1.54) is 12.0 Å². The van der Waals surface area contributed by atoms with Crippen LogP contribution in [0, 0.1) is 27.7 Å². The molecular formula is C27H25ClN2O3. The first-order valence-corrected chi connectivity index (χ1v) is 11.0. The molecule has 0 aliphatic carbocycles. The number of carbonyl (C=O) groups is 2. The van der Waals surface area contributed by atoms with Crippen molar-refractivity contribution in [1.82, 2.24) is 0 Å². The first-order valence-electron chi connectivity index (χ1n) is 10.6. The third-order valence-corrected chi connectivity index (χ3v) is 5.86. The van der Waals surface area contributed by atoms with Crippen LogP contribution in [0.15, 0.2) is 60.3 Å². The molecule has 0 unspecified atom stereocenters. The lowest BCUT2D eigenvalue weighted by Gasteiger charge is -2.17. The molecule has 168 valence electrons. The number of hydrogen-bond acceptors (Lipinski definition) is 4. The lowest BCUT2D eigenvalue weighted by atomic mass is 9.97. The van der Waals surface area contributed by atoms with Gasteiger partial charge in [-0.25, -0.2) is 4.90 Å². The van der Waals surface area contributed by atoms with Gasteiger partial charge in [-0.3, -0.25) is 9.59 Å². The molecule has 3 aromatic rings. The van der Waals surface area contributed by atoms with E-state index in [-0.39, 0.29) is 11.6 Å². The highest BCUT2D eigenvalue weighted by Gasteiger charge is 2.41. The van der Waals surface area contributed by atoms with Crippen molar-refractivity contribution in [2.24, 2.45) is 0 Å². The summed E-state index contributed by atoms with van der Waals surface area (Å²) in [4.78, 5) is 28.7. The topological polar surface area (TPSA) is 58.6 Å². The van der Waals surface area contributed by atoms with E-state index in [1.54, 1.807) is 18.2 Å². The molecular weight excluding hydrogens is 436 g/mol. The number of halogens is 1. The SMILES string of the molecule is COc1ccc(Cl)cc1NC1=C(c2ccc(C)cc2C)C(=O)N(c2cc(C)cc(C)c2)C1=O. The van der Waals surface area contributed by atoms with E-state index in [9.17, 15) is 9.59 Å². The molecule has 6 heteroatoms. The highest BCUT2D eigenvalue weighted by molar-refractivity contribution is 6.46. The number of methoxy groups -OCH3 is 1. The Bertz CT molecular complexity index is 1310. The average molecular weight is 461 g/mol. The van der Waals surface area contributed by atoms with Crippen molar-refractivity contribution in [3.8, 4) is 5.75 Å². The molecule has 0 radical (unpaired) electrons. The van der Waals surface area contributed by atoms with Crippen LogP contribution in [0.4, 0.5) is 11.4 Å². The van der Waals surface area contributed by atoms with Crippen LogP contribution in [-0.2, 0) is 9.59 Å². The van der Waals surface area contributed by atoms with Gasteiger partial charge in [-0.1, -0.05) is 41.4 Å². The standard InChI is InChI=1S/C27H25ClN2O3/c1-15-6-8-21(18(4)11-15)24-25(29-22-14-19(28)7-9-23(22)33-5)27(32)30(26(24)31)20-12-16(2)10-17(3)13-20/h6-14,29H,1-5H3. The van der Waals surface area contributed by atoms with Gasteiger partial charge in [0.25, 0.3) is 11.8 Å². The fourth-order valence-electron chi connectivity index (χ4n) is 4.22. The quantitative estimate of drug-likeness (QED) is 0.476. The maximum absolute atomic E-state index is 13.7. The van der Waals surface area contributed by atoms with E-state index in [1.807, 2.05) is 64.1 Å². The zero-order chi connectivity index (χ0) is 23.9. The van der Waals surface area contributed by atoms with Gasteiger partial charge >= 0.3 is 0 Å². The Labute approximate surface area is 198 Å².